The van der Waals surface area contributed by atoms with Crippen LogP contribution in [-0.4, -0.2) is 0 Å². The van der Waals surface area contributed by atoms with Gasteiger partial charge in [0.1, 0.15) is 17.7 Å². The summed E-state index contributed by atoms with van der Waals surface area (Å²) in [6.45, 7) is 0. The normalized spacial score (nSPS) is 17.6. The SMILES string of the molecule is Fc1ccc(Br)c2c1C(Oc1ccpcc1)CC2. The Morgan fingerprint density at radius 2 is 2.00 bits per heavy atom. The molecular formula is C14H11BrFOP. The molecule has 18 heavy (non-hydrogen) atoms. The number of fused-ring (bicyclic) bond motifs is 1. The number of rotatable bonds is 2. The van der Waals surface area contributed by atoms with Gasteiger partial charge in [-0.05, 0) is 54.3 Å². The van der Waals surface area contributed by atoms with E-state index in [-0.39, 0.29) is 11.9 Å². The van der Waals surface area contributed by atoms with Crippen molar-refractivity contribution in [2.24, 2.45) is 0 Å². The lowest BCUT2D eigenvalue weighted by molar-refractivity contribution is 0.203. The number of benzene rings is 1. The molecule has 1 heterocycles. The first kappa shape index (κ1) is 12.1. The van der Waals surface area contributed by atoms with E-state index >= 15 is 0 Å². The number of halogens is 2. The summed E-state index contributed by atoms with van der Waals surface area (Å²) in [5.74, 6) is 4.68. The summed E-state index contributed by atoms with van der Waals surface area (Å²) in [5, 5.41) is 0. The van der Waals surface area contributed by atoms with Gasteiger partial charge in [-0.1, -0.05) is 24.1 Å². The minimum atomic E-state index is -0.170. The van der Waals surface area contributed by atoms with Gasteiger partial charge in [0.25, 0.3) is 0 Å². The molecule has 0 spiro atoms. The highest BCUT2D eigenvalue weighted by molar-refractivity contribution is 9.10. The maximum absolute atomic E-state index is 13.9. The van der Waals surface area contributed by atoms with E-state index < -0.39 is 0 Å². The molecule has 0 radical (unpaired) electrons. The van der Waals surface area contributed by atoms with Crippen LogP contribution in [0.3, 0.4) is 0 Å². The predicted octanol–water partition coefficient (Wildman–Crippen LogP) is 5.23. The minimum absolute atomic E-state index is 0.168. The van der Waals surface area contributed by atoms with Gasteiger partial charge in [-0.2, -0.15) is 0 Å². The highest BCUT2D eigenvalue weighted by atomic mass is 79.9. The summed E-state index contributed by atoms with van der Waals surface area (Å²) in [6.07, 6.45) is 1.52. The van der Waals surface area contributed by atoms with Gasteiger partial charge >= 0.3 is 0 Å². The largest absolute Gasteiger partial charge is 0.486 e. The summed E-state index contributed by atoms with van der Waals surface area (Å²) in [7, 11) is 1.16. The van der Waals surface area contributed by atoms with Crippen molar-refractivity contribution in [2.45, 2.75) is 18.9 Å². The second-order valence-corrected chi connectivity index (χ2v) is 6.00. The van der Waals surface area contributed by atoms with Gasteiger partial charge in [-0.3, -0.25) is 0 Å². The topological polar surface area (TPSA) is 9.23 Å². The summed E-state index contributed by atoms with van der Waals surface area (Å²) >= 11 is 3.48. The van der Waals surface area contributed by atoms with E-state index in [2.05, 4.69) is 15.9 Å². The van der Waals surface area contributed by atoms with E-state index in [9.17, 15) is 4.39 Å². The Morgan fingerprint density at radius 1 is 1.22 bits per heavy atom. The van der Waals surface area contributed by atoms with Crippen molar-refractivity contribution in [2.75, 3.05) is 0 Å². The van der Waals surface area contributed by atoms with E-state index in [1.807, 2.05) is 23.7 Å². The van der Waals surface area contributed by atoms with Crippen LogP contribution in [0.2, 0.25) is 0 Å². The lowest BCUT2D eigenvalue weighted by atomic mass is 10.1. The third-order valence-corrected chi connectivity index (χ3v) is 4.54. The van der Waals surface area contributed by atoms with E-state index in [1.165, 1.54) is 6.07 Å². The molecule has 3 rings (SSSR count). The van der Waals surface area contributed by atoms with Gasteiger partial charge in [-0.15, -0.1) is 0 Å². The van der Waals surface area contributed by atoms with Crippen molar-refractivity contribution in [1.29, 1.82) is 0 Å². The molecule has 1 aliphatic rings. The molecule has 1 unspecified atom stereocenters. The second-order valence-electron chi connectivity index (χ2n) is 4.25. The highest BCUT2D eigenvalue weighted by Crippen LogP contribution is 2.40. The molecule has 1 aliphatic carbocycles. The van der Waals surface area contributed by atoms with Crippen molar-refractivity contribution in [3.8, 4) is 5.75 Å². The zero-order valence-corrected chi connectivity index (χ0v) is 12.0. The zero-order valence-electron chi connectivity index (χ0n) is 9.57. The molecule has 0 saturated heterocycles. The number of hydrogen-bond acceptors (Lipinski definition) is 1. The van der Waals surface area contributed by atoms with Crippen LogP contribution in [0.4, 0.5) is 4.39 Å². The first-order valence-electron chi connectivity index (χ1n) is 5.79. The molecule has 1 aromatic carbocycles. The number of ether oxygens (including phenoxy) is 1. The second kappa shape index (κ2) is 4.99. The van der Waals surface area contributed by atoms with E-state index in [4.69, 9.17) is 4.74 Å². The summed E-state index contributed by atoms with van der Waals surface area (Å²) in [4.78, 5) is 0. The molecule has 0 amide bonds. The van der Waals surface area contributed by atoms with Crippen LogP contribution >= 0.6 is 24.1 Å². The Balaban J connectivity index is 1.93. The highest BCUT2D eigenvalue weighted by Gasteiger charge is 2.29. The summed E-state index contributed by atoms with van der Waals surface area (Å²) in [5.41, 5.74) is 1.75. The van der Waals surface area contributed by atoms with Crippen LogP contribution in [0, 0.1) is 5.82 Å². The quantitative estimate of drug-likeness (QED) is 0.734. The fourth-order valence-electron chi connectivity index (χ4n) is 2.33. The molecule has 1 aromatic heterocycles. The molecule has 2 aromatic rings. The molecule has 0 saturated carbocycles. The average Bonchev–Trinajstić information content (AvgIpc) is 2.80. The molecule has 4 heteroatoms. The van der Waals surface area contributed by atoms with Gasteiger partial charge in [0.15, 0.2) is 0 Å². The van der Waals surface area contributed by atoms with Gasteiger partial charge < -0.3 is 4.74 Å². The Bertz CT molecular complexity index is 574. The van der Waals surface area contributed by atoms with Crippen molar-refractivity contribution >= 4 is 24.1 Å². The predicted molar refractivity (Wildman–Crippen MR) is 74.7 cm³/mol. The fourth-order valence-corrected chi connectivity index (χ4v) is 3.44. The maximum atomic E-state index is 13.9. The Labute approximate surface area is 115 Å². The van der Waals surface area contributed by atoms with Crippen LogP contribution in [0.5, 0.6) is 5.75 Å². The first-order valence-corrected chi connectivity index (χ1v) is 7.62. The molecule has 1 nitrogen and oxygen atoms in total. The summed E-state index contributed by atoms with van der Waals surface area (Å²) < 4.78 is 20.8. The maximum Gasteiger partial charge on any atom is 0.130 e. The third kappa shape index (κ3) is 2.17. The van der Waals surface area contributed by atoms with Crippen LogP contribution in [0.1, 0.15) is 23.7 Å². The van der Waals surface area contributed by atoms with Gasteiger partial charge in [-0.25, -0.2) is 4.39 Å². The molecule has 0 bridgehead atoms. The molecule has 0 fully saturated rings. The van der Waals surface area contributed by atoms with E-state index in [0.29, 0.717) is 5.56 Å². The molecule has 0 aliphatic heterocycles. The average molecular weight is 325 g/mol. The lowest BCUT2D eigenvalue weighted by Gasteiger charge is -2.15. The summed E-state index contributed by atoms with van der Waals surface area (Å²) in [6, 6.07) is 7.15. The Kier molecular flexibility index (Phi) is 3.36. The van der Waals surface area contributed by atoms with Crippen molar-refractivity contribution in [1.82, 2.24) is 0 Å². The van der Waals surface area contributed by atoms with Gasteiger partial charge in [0.05, 0.1) is 0 Å². The Morgan fingerprint density at radius 3 is 2.78 bits per heavy atom. The molecule has 1 atom stereocenters. The minimum Gasteiger partial charge on any atom is -0.486 e. The van der Waals surface area contributed by atoms with Crippen LogP contribution < -0.4 is 4.74 Å². The number of hydrogen-bond donors (Lipinski definition) is 0. The van der Waals surface area contributed by atoms with Crippen LogP contribution in [0.25, 0.3) is 0 Å². The van der Waals surface area contributed by atoms with Crippen molar-refractivity contribution in [3.05, 3.63) is 57.3 Å². The van der Waals surface area contributed by atoms with E-state index in [1.54, 1.807) is 6.07 Å². The van der Waals surface area contributed by atoms with Crippen LogP contribution in [-0.2, 0) is 6.42 Å². The van der Waals surface area contributed by atoms with E-state index in [0.717, 1.165) is 36.8 Å². The lowest BCUT2D eigenvalue weighted by Crippen LogP contribution is -2.05. The molecular weight excluding hydrogens is 314 g/mol. The zero-order chi connectivity index (χ0) is 12.5. The first-order chi connectivity index (χ1) is 8.75. The van der Waals surface area contributed by atoms with Gasteiger partial charge in [0.2, 0.25) is 0 Å². The fraction of sp³-hybridized carbons (Fsp3) is 0.214. The smallest absolute Gasteiger partial charge is 0.130 e. The standard InChI is InChI=1S/C14H11BrFOP/c15-11-2-3-12(16)14-10(11)1-4-13(14)17-9-5-7-18-8-6-9/h2-3,5-8,13H,1,4H2. The molecule has 0 N–H and O–H groups in total. The molecule has 92 valence electrons. The Hall–Kier alpha value is -0.920. The van der Waals surface area contributed by atoms with Crippen molar-refractivity contribution in [3.63, 3.8) is 0 Å². The monoisotopic (exact) mass is 324 g/mol. The van der Waals surface area contributed by atoms with Crippen LogP contribution in [0.15, 0.2) is 40.3 Å². The third-order valence-electron chi connectivity index (χ3n) is 3.15. The van der Waals surface area contributed by atoms with Crippen molar-refractivity contribution < 1.29 is 9.13 Å². The van der Waals surface area contributed by atoms with Gasteiger partial charge in [0, 0.05) is 10.0 Å².